The molecule has 17 heavy (non-hydrogen) atoms. The maximum absolute atomic E-state index is 6.20. The monoisotopic (exact) mass is 245 g/mol. The Morgan fingerprint density at radius 3 is 2.41 bits per heavy atom. The molecule has 0 unspecified atom stereocenters. The van der Waals surface area contributed by atoms with Crippen LogP contribution < -0.4 is 0 Å². The van der Waals surface area contributed by atoms with Crippen LogP contribution in [0.2, 0.25) is 5.02 Å². The predicted molar refractivity (Wildman–Crippen MR) is 72.4 cm³/mol. The normalized spacial score (nSPS) is 11.5. The van der Waals surface area contributed by atoms with Crippen molar-refractivity contribution in [3.8, 4) is 0 Å². The van der Waals surface area contributed by atoms with E-state index in [1.54, 1.807) is 0 Å². The zero-order chi connectivity index (χ0) is 12.3. The molecule has 0 saturated carbocycles. The van der Waals surface area contributed by atoms with Gasteiger partial charge in [-0.05, 0) is 30.2 Å². The van der Waals surface area contributed by atoms with Crippen LogP contribution in [0.1, 0.15) is 25.1 Å². The lowest BCUT2D eigenvalue weighted by atomic mass is 9.82. The van der Waals surface area contributed by atoms with E-state index in [1.807, 2.05) is 36.5 Å². The summed E-state index contributed by atoms with van der Waals surface area (Å²) in [7, 11) is 0. The van der Waals surface area contributed by atoms with Gasteiger partial charge in [0.15, 0.2) is 0 Å². The van der Waals surface area contributed by atoms with Crippen molar-refractivity contribution in [1.29, 1.82) is 0 Å². The Balaban J connectivity index is 2.27. The molecule has 1 aromatic heterocycles. The Morgan fingerprint density at radius 2 is 1.76 bits per heavy atom. The minimum Gasteiger partial charge on any atom is -0.261 e. The standard InChI is InChI=1S/C15H16ClN/c1-15(2,14-9-5-6-10-17-14)11-12-7-3-4-8-13(12)16/h3-10H,11H2,1-2H3. The Hall–Kier alpha value is -1.34. The van der Waals surface area contributed by atoms with E-state index in [4.69, 9.17) is 11.6 Å². The number of pyridine rings is 1. The van der Waals surface area contributed by atoms with Crippen LogP contribution in [0.3, 0.4) is 0 Å². The maximum atomic E-state index is 6.20. The van der Waals surface area contributed by atoms with Gasteiger partial charge in [-0.15, -0.1) is 0 Å². The molecule has 0 aliphatic carbocycles. The van der Waals surface area contributed by atoms with Crippen molar-refractivity contribution in [2.45, 2.75) is 25.7 Å². The Labute approximate surface area is 107 Å². The van der Waals surface area contributed by atoms with Crippen LogP contribution in [0.4, 0.5) is 0 Å². The lowest BCUT2D eigenvalue weighted by Gasteiger charge is -2.24. The van der Waals surface area contributed by atoms with Crippen LogP contribution in [0.25, 0.3) is 0 Å². The summed E-state index contributed by atoms with van der Waals surface area (Å²) >= 11 is 6.20. The molecule has 2 rings (SSSR count). The van der Waals surface area contributed by atoms with Crippen molar-refractivity contribution in [3.05, 3.63) is 64.9 Å². The molecule has 1 nitrogen and oxygen atoms in total. The smallest absolute Gasteiger partial charge is 0.0463 e. The molecular formula is C15H16ClN. The molecule has 0 aliphatic heterocycles. The topological polar surface area (TPSA) is 12.9 Å². The predicted octanol–water partition coefficient (Wildman–Crippen LogP) is 4.26. The van der Waals surface area contributed by atoms with E-state index in [-0.39, 0.29) is 5.41 Å². The number of hydrogen-bond acceptors (Lipinski definition) is 1. The van der Waals surface area contributed by atoms with E-state index in [2.05, 4.69) is 31.0 Å². The summed E-state index contributed by atoms with van der Waals surface area (Å²) in [5, 5.41) is 0.830. The van der Waals surface area contributed by atoms with E-state index in [0.29, 0.717) is 0 Å². The van der Waals surface area contributed by atoms with Gasteiger partial charge in [0, 0.05) is 22.3 Å². The first-order valence-electron chi connectivity index (χ1n) is 5.74. The molecule has 0 aliphatic rings. The molecule has 1 heterocycles. The average Bonchev–Trinajstić information content (AvgIpc) is 2.33. The molecule has 2 heteroatoms. The quantitative estimate of drug-likeness (QED) is 0.788. The summed E-state index contributed by atoms with van der Waals surface area (Å²) in [4.78, 5) is 4.43. The summed E-state index contributed by atoms with van der Waals surface area (Å²) in [6, 6.07) is 14.0. The van der Waals surface area contributed by atoms with Crippen LogP contribution in [0.5, 0.6) is 0 Å². The molecule has 0 radical (unpaired) electrons. The molecule has 0 atom stereocenters. The van der Waals surface area contributed by atoms with Crippen molar-refractivity contribution in [2.75, 3.05) is 0 Å². The van der Waals surface area contributed by atoms with Gasteiger partial charge in [0.05, 0.1) is 0 Å². The van der Waals surface area contributed by atoms with E-state index < -0.39 is 0 Å². The van der Waals surface area contributed by atoms with Crippen LogP contribution in [-0.2, 0) is 11.8 Å². The second-order valence-electron chi connectivity index (χ2n) is 4.87. The van der Waals surface area contributed by atoms with Gasteiger partial charge in [-0.2, -0.15) is 0 Å². The molecule has 1 aromatic carbocycles. The van der Waals surface area contributed by atoms with E-state index in [0.717, 1.165) is 17.1 Å². The third-order valence-electron chi connectivity index (χ3n) is 2.95. The summed E-state index contributed by atoms with van der Waals surface area (Å²) in [6.45, 7) is 4.39. The van der Waals surface area contributed by atoms with Crippen molar-refractivity contribution in [2.24, 2.45) is 0 Å². The molecule has 2 aromatic rings. The van der Waals surface area contributed by atoms with Crippen LogP contribution in [0.15, 0.2) is 48.7 Å². The highest BCUT2D eigenvalue weighted by Crippen LogP contribution is 2.28. The third kappa shape index (κ3) is 2.86. The Morgan fingerprint density at radius 1 is 1.06 bits per heavy atom. The van der Waals surface area contributed by atoms with Gasteiger partial charge in [0.25, 0.3) is 0 Å². The van der Waals surface area contributed by atoms with Crippen molar-refractivity contribution < 1.29 is 0 Å². The second-order valence-corrected chi connectivity index (χ2v) is 5.27. The highest BCUT2D eigenvalue weighted by Gasteiger charge is 2.23. The van der Waals surface area contributed by atoms with Gasteiger partial charge in [-0.25, -0.2) is 0 Å². The summed E-state index contributed by atoms with van der Waals surface area (Å²) in [6.07, 6.45) is 2.73. The lowest BCUT2D eigenvalue weighted by Crippen LogP contribution is -2.22. The fourth-order valence-electron chi connectivity index (χ4n) is 1.97. The SMILES string of the molecule is CC(C)(Cc1ccccc1Cl)c1ccccn1. The number of halogens is 1. The highest BCUT2D eigenvalue weighted by atomic mass is 35.5. The molecule has 0 fully saturated rings. The first kappa shape index (κ1) is 12.1. The fraction of sp³-hybridized carbons (Fsp3) is 0.267. The number of aromatic nitrogens is 1. The fourth-order valence-corrected chi connectivity index (χ4v) is 2.17. The van der Waals surface area contributed by atoms with E-state index >= 15 is 0 Å². The molecule has 0 spiro atoms. The second kappa shape index (κ2) is 4.89. The summed E-state index contributed by atoms with van der Waals surface area (Å²) in [5.74, 6) is 0. The van der Waals surface area contributed by atoms with Gasteiger partial charge in [0.2, 0.25) is 0 Å². The van der Waals surface area contributed by atoms with Gasteiger partial charge in [-0.3, -0.25) is 4.98 Å². The molecule has 88 valence electrons. The average molecular weight is 246 g/mol. The van der Waals surface area contributed by atoms with Crippen molar-refractivity contribution >= 4 is 11.6 Å². The Kier molecular flexibility index (Phi) is 3.49. The first-order chi connectivity index (χ1) is 8.09. The van der Waals surface area contributed by atoms with Gasteiger partial charge >= 0.3 is 0 Å². The molecule has 0 amide bonds. The van der Waals surface area contributed by atoms with Gasteiger partial charge in [-0.1, -0.05) is 49.7 Å². The number of nitrogens with zero attached hydrogens (tertiary/aromatic N) is 1. The minimum absolute atomic E-state index is 0.00769. The van der Waals surface area contributed by atoms with E-state index in [1.165, 1.54) is 5.56 Å². The third-order valence-corrected chi connectivity index (χ3v) is 3.32. The number of rotatable bonds is 3. The maximum Gasteiger partial charge on any atom is 0.0463 e. The zero-order valence-corrected chi connectivity index (χ0v) is 10.9. The number of hydrogen-bond donors (Lipinski definition) is 0. The zero-order valence-electron chi connectivity index (χ0n) is 10.2. The van der Waals surface area contributed by atoms with Crippen LogP contribution >= 0.6 is 11.6 Å². The largest absolute Gasteiger partial charge is 0.261 e. The Bertz CT molecular complexity index is 491. The number of benzene rings is 1. The summed E-state index contributed by atoms with van der Waals surface area (Å²) in [5.41, 5.74) is 2.26. The van der Waals surface area contributed by atoms with E-state index in [9.17, 15) is 0 Å². The van der Waals surface area contributed by atoms with Gasteiger partial charge < -0.3 is 0 Å². The lowest BCUT2D eigenvalue weighted by molar-refractivity contribution is 0.505. The van der Waals surface area contributed by atoms with Gasteiger partial charge in [0.1, 0.15) is 0 Å². The minimum atomic E-state index is -0.00769. The first-order valence-corrected chi connectivity index (χ1v) is 6.12. The molecular weight excluding hydrogens is 230 g/mol. The van der Waals surface area contributed by atoms with Crippen LogP contribution in [-0.4, -0.2) is 4.98 Å². The van der Waals surface area contributed by atoms with Crippen molar-refractivity contribution in [1.82, 2.24) is 4.98 Å². The summed E-state index contributed by atoms with van der Waals surface area (Å²) < 4.78 is 0. The molecule has 0 saturated heterocycles. The highest BCUT2D eigenvalue weighted by molar-refractivity contribution is 6.31. The van der Waals surface area contributed by atoms with Crippen molar-refractivity contribution in [3.63, 3.8) is 0 Å². The molecule has 0 N–H and O–H groups in total. The molecule has 0 bridgehead atoms. The van der Waals surface area contributed by atoms with Crippen LogP contribution in [0, 0.1) is 0 Å².